The number of Topliss-reactive ketones (excluding diaryl/α,β-unsaturated/α-hetero) is 1. The standard InChI is InChI=1S/C15H20F2N2O/c1-10-7-19(8-14(10)18(2)3)9-15(20)11-4-5-12(16)13(17)6-11/h4-6,10,14H,7-9H2,1-3H3. The molecule has 1 aliphatic rings. The van der Waals surface area contributed by atoms with E-state index in [9.17, 15) is 13.6 Å². The molecule has 0 aromatic heterocycles. The lowest BCUT2D eigenvalue weighted by molar-refractivity contribution is 0.0940. The SMILES string of the molecule is CC1CN(CC(=O)c2ccc(F)c(F)c2)CC1N(C)C. The highest BCUT2D eigenvalue weighted by atomic mass is 19.2. The summed E-state index contributed by atoms with van der Waals surface area (Å²) in [5.74, 6) is -1.58. The zero-order valence-electron chi connectivity index (χ0n) is 12.1. The average Bonchev–Trinajstić information content (AvgIpc) is 2.73. The number of carbonyl (C=O) groups excluding carboxylic acids is 1. The van der Waals surface area contributed by atoms with Crippen LogP contribution in [0.5, 0.6) is 0 Å². The van der Waals surface area contributed by atoms with Crippen molar-refractivity contribution in [2.75, 3.05) is 33.7 Å². The highest BCUT2D eigenvalue weighted by molar-refractivity contribution is 5.97. The summed E-state index contributed by atoms with van der Waals surface area (Å²) in [6.45, 7) is 4.08. The van der Waals surface area contributed by atoms with Crippen molar-refractivity contribution >= 4 is 5.78 Å². The van der Waals surface area contributed by atoms with Crippen LogP contribution in [0.4, 0.5) is 8.78 Å². The van der Waals surface area contributed by atoms with Crippen LogP contribution in [-0.4, -0.2) is 55.4 Å². The number of likely N-dealkylation sites (N-methyl/N-ethyl adjacent to an activating group) is 1. The Bertz CT molecular complexity index is 505. The van der Waals surface area contributed by atoms with Gasteiger partial charge in [0.25, 0.3) is 0 Å². The first-order chi connectivity index (χ1) is 9.38. The maximum absolute atomic E-state index is 13.1. The zero-order chi connectivity index (χ0) is 14.9. The van der Waals surface area contributed by atoms with Gasteiger partial charge in [-0.3, -0.25) is 9.69 Å². The Hall–Kier alpha value is -1.33. The van der Waals surface area contributed by atoms with Crippen LogP contribution in [0.25, 0.3) is 0 Å². The van der Waals surface area contributed by atoms with Gasteiger partial charge in [0.1, 0.15) is 0 Å². The molecule has 1 aliphatic heterocycles. The van der Waals surface area contributed by atoms with E-state index in [1.165, 1.54) is 6.07 Å². The number of hydrogen-bond donors (Lipinski definition) is 0. The highest BCUT2D eigenvalue weighted by Gasteiger charge is 2.31. The molecule has 1 saturated heterocycles. The second kappa shape index (κ2) is 5.97. The number of rotatable bonds is 4. The van der Waals surface area contributed by atoms with E-state index in [2.05, 4.69) is 16.7 Å². The van der Waals surface area contributed by atoms with Crippen LogP contribution in [0.3, 0.4) is 0 Å². The lowest BCUT2D eigenvalue weighted by atomic mass is 10.1. The van der Waals surface area contributed by atoms with Gasteiger partial charge in [0, 0.05) is 24.7 Å². The fraction of sp³-hybridized carbons (Fsp3) is 0.533. The molecule has 0 spiro atoms. The highest BCUT2D eigenvalue weighted by Crippen LogP contribution is 2.20. The van der Waals surface area contributed by atoms with Gasteiger partial charge >= 0.3 is 0 Å². The Morgan fingerprint density at radius 3 is 2.55 bits per heavy atom. The third-order valence-electron chi connectivity index (χ3n) is 3.92. The van der Waals surface area contributed by atoms with Gasteiger partial charge in [0.15, 0.2) is 17.4 Å². The van der Waals surface area contributed by atoms with Crippen LogP contribution >= 0.6 is 0 Å². The molecule has 20 heavy (non-hydrogen) atoms. The molecule has 2 unspecified atom stereocenters. The van der Waals surface area contributed by atoms with Gasteiger partial charge in [-0.1, -0.05) is 6.92 Å². The molecule has 2 rings (SSSR count). The summed E-state index contributed by atoms with van der Waals surface area (Å²) in [6.07, 6.45) is 0. The predicted octanol–water partition coefficient (Wildman–Crippen LogP) is 2.03. The molecule has 0 saturated carbocycles. The molecule has 1 fully saturated rings. The van der Waals surface area contributed by atoms with E-state index in [4.69, 9.17) is 0 Å². The average molecular weight is 282 g/mol. The molecule has 3 nitrogen and oxygen atoms in total. The Labute approximate surface area is 118 Å². The number of benzene rings is 1. The molecular formula is C15H20F2N2O. The number of carbonyl (C=O) groups is 1. The first-order valence-corrected chi connectivity index (χ1v) is 6.75. The molecule has 1 aromatic rings. The molecule has 110 valence electrons. The molecule has 0 N–H and O–H groups in total. The molecule has 0 amide bonds. The topological polar surface area (TPSA) is 23.6 Å². The monoisotopic (exact) mass is 282 g/mol. The number of likely N-dealkylation sites (tertiary alicyclic amines) is 1. The summed E-state index contributed by atoms with van der Waals surface area (Å²) in [5, 5.41) is 0. The van der Waals surface area contributed by atoms with Gasteiger partial charge in [-0.25, -0.2) is 8.78 Å². The van der Waals surface area contributed by atoms with Crippen molar-refractivity contribution in [3.63, 3.8) is 0 Å². The third-order valence-corrected chi connectivity index (χ3v) is 3.92. The predicted molar refractivity (Wildman–Crippen MR) is 73.8 cm³/mol. The van der Waals surface area contributed by atoms with E-state index in [0.717, 1.165) is 25.2 Å². The second-order valence-corrected chi connectivity index (χ2v) is 5.75. The fourth-order valence-electron chi connectivity index (χ4n) is 2.81. The normalized spacial score (nSPS) is 23.5. The summed E-state index contributed by atoms with van der Waals surface area (Å²) in [4.78, 5) is 16.3. The van der Waals surface area contributed by atoms with Crippen molar-refractivity contribution in [2.45, 2.75) is 13.0 Å². The van der Waals surface area contributed by atoms with Gasteiger partial charge in [-0.15, -0.1) is 0 Å². The van der Waals surface area contributed by atoms with Crippen LogP contribution in [0, 0.1) is 17.6 Å². The molecule has 0 aliphatic carbocycles. The van der Waals surface area contributed by atoms with E-state index in [-0.39, 0.29) is 17.9 Å². The largest absolute Gasteiger partial charge is 0.305 e. The zero-order valence-corrected chi connectivity index (χ0v) is 12.1. The molecule has 0 bridgehead atoms. The van der Waals surface area contributed by atoms with Crippen molar-refractivity contribution < 1.29 is 13.6 Å². The van der Waals surface area contributed by atoms with E-state index in [0.29, 0.717) is 12.0 Å². The van der Waals surface area contributed by atoms with Crippen LogP contribution in [0.15, 0.2) is 18.2 Å². The van der Waals surface area contributed by atoms with Crippen LogP contribution < -0.4 is 0 Å². The number of hydrogen-bond acceptors (Lipinski definition) is 3. The first kappa shape index (κ1) is 15.1. The van der Waals surface area contributed by atoms with Gasteiger partial charge in [0.05, 0.1) is 6.54 Å². The van der Waals surface area contributed by atoms with E-state index in [1.807, 2.05) is 14.1 Å². The van der Waals surface area contributed by atoms with Gasteiger partial charge in [-0.05, 0) is 38.2 Å². The summed E-state index contributed by atoms with van der Waals surface area (Å²) < 4.78 is 26.0. The minimum Gasteiger partial charge on any atom is -0.305 e. The Morgan fingerprint density at radius 2 is 2.00 bits per heavy atom. The minimum atomic E-state index is -0.975. The van der Waals surface area contributed by atoms with Crippen LogP contribution in [0.2, 0.25) is 0 Å². The maximum atomic E-state index is 13.1. The number of halogens is 2. The lowest BCUT2D eigenvalue weighted by Gasteiger charge is -2.22. The molecular weight excluding hydrogens is 262 g/mol. The van der Waals surface area contributed by atoms with E-state index in [1.54, 1.807) is 0 Å². The van der Waals surface area contributed by atoms with Crippen LogP contribution in [0.1, 0.15) is 17.3 Å². The molecule has 2 atom stereocenters. The van der Waals surface area contributed by atoms with Gasteiger partial charge in [-0.2, -0.15) is 0 Å². The summed E-state index contributed by atoms with van der Waals surface area (Å²) >= 11 is 0. The maximum Gasteiger partial charge on any atom is 0.176 e. The lowest BCUT2D eigenvalue weighted by Crippen LogP contribution is -2.35. The molecule has 0 radical (unpaired) electrons. The summed E-state index contributed by atoms with van der Waals surface area (Å²) in [5.41, 5.74) is 0.227. The van der Waals surface area contributed by atoms with Gasteiger partial charge in [0.2, 0.25) is 0 Å². The van der Waals surface area contributed by atoms with Crippen molar-refractivity contribution in [1.29, 1.82) is 0 Å². The van der Waals surface area contributed by atoms with Crippen molar-refractivity contribution in [3.05, 3.63) is 35.4 Å². The number of ketones is 1. The van der Waals surface area contributed by atoms with Crippen LogP contribution in [-0.2, 0) is 0 Å². The number of nitrogens with zero attached hydrogens (tertiary/aromatic N) is 2. The van der Waals surface area contributed by atoms with E-state index >= 15 is 0 Å². The third kappa shape index (κ3) is 3.22. The Balaban J connectivity index is 2.00. The van der Waals surface area contributed by atoms with Crippen molar-refractivity contribution in [1.82, 2.24) is 9.80 Å². The van der Waals surface area contributed by atoms with Crippen molar-refractivity contribution in [2.24, 2.45) is 5.92 Å². The van der Waals surface area contributed by atoms with Gasteiger partial charge < -0.3 is 4.90 Å². The smallest absolute Gasteiger partial charge is 0.176 e. The summed E-state index contributed by atoms with van der Waals surface area (Å²) in [6, 6.07) is 3.73. The minimum absolute atomic E-state index is 0.171. The first-order valence-electron chi connectivity index (χ1n) is 6.75. The molecule has 1 aromatic carbocycles. The fourth-order valence-corrected chi connectivity index (χ4v) is 2.81. The second-order valence-electron chi connectivity index (χ2n) is 5.75. The quantitative estimate of drug-likeness (QED) is 0.790. The summed E-state index contributed by atoms with van der Waals surface area (Å²) in [7, 11) is 4.06. The van der Waals surface area contributed by atoms with E-state index < -0.39 is 11.6 Å². The Kier molecular flexibility index (Phi) is 4.50. The Morgan fingerprint density at radius 1 is 1.30 bits per heavy atom. The van der Waals surface area contributed by atoms with Crippen molar-refractivity contribution in [3.8, 4) is 0 Å². The molecule has 1 heterocycles. The molecule has 5 heteroatoms.